The van der Waals surface area contributed by atoms with Gasteiger partial charge in [0.2, 0.25) is 0 Å². The molecule has 0 amide bonds. The lowest BCUT2D eigenvalue weighted by molar-refractivity contribution is 0.0768. The van der Waals surface area contributed by atoms with Gasteiger partial charge in [0, 0.05) is 17.0 Å². The third-order valence-corrected chi connectivity index (χ3v) is 5.19. The number of ketones is 2. The molecule has 1 saturated carbocycles. The number of rotatable bonds is 1. The summed E-state index contributed by atoms with van der Waals surface area (Å²) in [6.07, 6.45) is 6.73. The van der Waals surface area contributed by atoms with Crippen molar-refractivity contribution in [3.05, 3.63) is 35.4 Å². The van der Waals surface area contributed by atoms with Gasteiger partial charge in [-0.25, -0.2) is 0 Å². The summed E-state index contributed by atoms with van der Waals surface area (Å²) in [5.41, 5.74) is 1.18. The summed E-state index contributed by atoms with van der Waals surface area (Å²) in [7, 11) is 0. The minimum Gasteiger partial charge on any atom is -0.293 e. The Labute approximate surface area is 131 Å². The Morgan fingerprint density at radius 3 is 2.14 bits per heavy atom. The highest BCUT2D eigenvalue weighted by Crippen LogP contribution is 2.37. The molecule has 1 fully saturated rings. The number of benzene rings is 1. The second-order valence-corrected chi connectivity index (χ2v) is 6.55. The molecule has 0 aliphatic heterocycles. The van der Waals surface area contributed by atoms with Crippen LogP contribution < -0.4 is 0 Å². The van der Waals surface area contributed by atoms with E-state index in [4.69, 9.17) is 0 Å². The molecule has 0 saturated heterocycles. The van der Waals surface area contributed by atoms with E-state index < -0.39 is 5.92 Å². The van der Waals surface area contributed by atoms with Crippen molar-refractivity contribution in [3.8, 4) is 6.07 Å². The van der Waals surface area contributed by atoms with Gasteiger partial charge in [0.15, 0.2) is 11.6 Å². The van der Waals surface area contributed by atoms with Crippen molar-refractivity contribution in [2.75, 3.05) is 0 Å². The summed E-state index contributed by atoms with van der Waals surface area (Å²) in [5.74, 6) is -0.331. The molecule has 3 rings (SSSR count). The first kappa shape index (κ1) is 15.0. The molecule has 0 aromatic heterocycles. The zero-order valence-electron chi connectivity index (χ0n) is 12.8. The van der Waals surface area contributed by atoms with E-state index in [0.717, 1.165) is 44.9 Å². The fourth-order valence-electron chi connectivity index (χ4n) is 3.94. The molecular weight excluding hydrogens is 274 g/mol. The van der Waals surface area contributed by atoms with E-state index in [0.29, 0.717) is 11.1 Å². The topological polar surface area (TPSA) is 57.9 Å². The first-order valence-electron chi connectivity index (χ1n) is 8.29. The Bertz CT molecular complexity index is 594. The van der Waals surface area contributed by atoms with Gasteiger partial charge in [-0.2, -0.15) is 5.26 Å². The van der Waals surface area contributed by atoms with Crippen molar-refractivity contribution < 1.29 is 9.59 Å². The molecule has 22 heavy (non-hydrogen) atoms. The molecule has 3 heteroatoms. The molecule has 2 aliphatic rings. The minimum absolute atomic E-state index is 0.00152. The van der Waals surface area contributed by atoms with E-state index in [1.165, 1.54) is 0 Å². The number of fused-ring (bicyclic) bond motifs is 1. The van der Waals surface area contributed by atoms with Crippen molar-refractivity contribution >= 4 is 11.6 Å². The molecule has 0 N–H and O–H groups in total. The number of carbonyl (C=O) groups is 2. The number of Topliss-reactive ketones (excluding diaryl/α,β-unsaturated/α-hetero) is 2. The predicted octanol–water partition coefficient (Wildman–Crippen LogP) is 4.18. The maximum absolute atomic E-state index is 12.7. The van der Waals surface area contributed by atoms with E-state index in [1.54, 1.807) is 12.1 Å². The van der Waals surface area contributed by atoms with E-state index in [2.05, 4.69) is 6.07 Å². The lowest BCUT2D eigenvalue weighted by Gasteiger charge is -2.21. The third kappa shape index (κ3) is 2.70. The second kappa shape index (κ2) is 6.44. The summed E-state index contributed by atoms with van der Waals surface area (Å²) in [6, 6.07) is 9.56. The molecule has 1 aromatic rings. The summed E-state index contributed by atoms with van der Waals surface area (Å²) in [5, 5.41) is 9.21. The van der Waals surface area contributed by atoms with E-state index in [-0.39, 0.29) is 23.4 Å². The van der Waals surface area contributed by atoms with Crippen molar-refractivity contribution in [2.45, 2.75) is 44.9 Å². The van der Waals surface area contributed by atoms with Crippen LogP contribution in [0.15, 0.2) is 24.3 Å². The van der Waals surface area contributed by atoms with E-state index in [9.17, 15) is 14.9 Å². The molecule has 0 radical (unpaired) electrons. The second-order valence-electron chi connectivity index (χ2n) is 6.55. The Hall–Kier alpha value is -1.95. The molecule has 1 aromatic carbocycles. The van der Waals surface area contributed by atoms with Crippen LogP contribution in [-0.4, -0.2) is 11.6 Å². The molecular formula is C19H21NO2. The monoisotopic (exact) mass is 295 g/mol. The van der Waals surface area contributed by atoms with Crippen LogP contribution in [0.2, 0.25) is 0 Å². The third-order valence-electron chi connectivity index (χ3n) is 5.19. The lowest BCUT2D eigenvalue weighted by Crippen LogP contribution is -2.26. The molecule has 2 aliphatic carbocycles. The van der Waals surface area contributed by atoms with Crippen LogP contribution >= 0.6 is 0 Å². The summed E-state index contributed by atoms with van der Waals surface area (Å²) in [4.78, 5) is 25.3. The van der Waals surface area contributed by atoms with Gasteiger partial charge in [-0.05, 0) is 31.6 Å². The summed E-state index contributed by atoms with van der Waals surface area (Å²) >= 11 is 0. The van der Waals surface area contributed by atoms with Crippen LogP contribution in [0.3, 0.4) is 0 Å². The highest BCUT2D eigenvalue weighted by Gasteiger charge is 2.42. The maximum Gasteiger partial charge on any atom is 0.174 e. The van der Waals surface area contributed by atoms with Crippen LogP contribution in [0.4, 0.5) is 0 Å². The summed E-state index contributed by atoms with van der Waals surface area (Å²) in [6.45, 7) is 0. The predicted molar refractivity (Wildman–Crippen MR) is 83.5 cm³/mol. The smallest absolute Gasteiger partial charge is 0.174 e. The Morgan fingerprint density at radius 2 is 1.50 bits per heavy atom. The highest BCUT2D eigenvalue weighted by molar-refractivity contribution is 6.26. The lowest BCUT2D eigenvalue weighted by atomic mass is 9.80. The Kier molecular flexibility index (Phi) is 4.38. The number of hydrogen-bond acceptors (Lipinski definition) is 3. The standard InChI is InChI=1S/C19H21NO2/c20-12-13-6-2-1-3-7-14(11-10-13)17-18(21)15-8-4-5-9-16(15)19(17)22/h4-5,8-9,13-14,17H,1-3,6-7,10-11H2. The number of nitriles is 1. The van der Waals surface area contributed by atoms with Crippen LogP contribution in [0.25, 0.3) is 0 Å². The van der Waals surface area contributed by atoms with Gasteiger partial charge in [-0.1, -0.05) is 43.5 Å². The maximum atomic E-state index is 12.7. The highest BCUT2D eigenvalue weighted by atomic mass is 16.2. The van der Waals surface area contributed by atoms with Crippen molar-refractivity contribution in [1.29, 1.82) is 5.26 Å². The fourth-order valence-corrected chi connectivity index (χ4v) is 3.94. The minimum atomic E-state index is -0.505. The van der Waals surface area contributed by atoms with Crippen LogP contribution in [0, 0.1) is 29.1 Å². The Balaban J connectivity index is 1.82. The van der Waals surface area contributed by atoms with E-state index >= 15 is 0 Å². The first-order valence-corrected chi connectivity index (χ1v) is 8.29. The molecule has 0 spiro atoms. The molecule has 2 unspecified atom stereocenters. The molecule has 0 bridgehead atoms. The largest absolute Gasteiger partial charge is 0.293 e. The van der Waals surface area contributed by atoms with Gasteiger partial charge >= 0.3 is 0 Å². The van der Waals surface area contributed by atoms with Crippen LogP contribution in [0.1, 0.15) is 65.7 Å². The van der Waals surface area contributed by atoms with Crippen LogP contribution in [0.5, 0.6) is 0 Å². The first-order chi connectivity index (χ1) is 10.7. The molecule has 3 nitrogen and oxygen atoms in total. The molecule has 2 atom stereocenters. The normalized spacial score (nSPS) is 26.7. The quantitative estimate of drug-likeness (QED) is 0.730. The van der Waals surface area contributed by atoms with E-state index in [1.807, 2.05) is 12.1 Å². The number of carbonyl (C=O) groups excluding carboxylic acids is 2. The van der Waals surface area contributed by atoms with Gasteiger partial charge in [0.05, 0.1) is 12.0 Å². The van der Waals surface area contributed by atoms with Crippen molar-refractivity contribution in [2.24, 2.45) is 17.8 Å². The zero-order chi connectivity index (χ0) is 15.5. The molecule has 114 valence electrons. The average Bonchev–Trinajstić information content (AvgIpc) is 2.86. The summed E-state index contributed by atoms with van der Waals surface area (Å²) < 4.78 is 0. The Morgan fingerprint density at radius 1 is 0.864 bits per heavy atom. The fraction of sp³-hybridized carbons (Fsp3) is 0.526. The SMILES string of the molecule is N#CC1CCCCCC(C2C(=O)c3ccccc3C2=O)CC1. The molecule has 0 heterocycles. The number of hydrogen-bond donors (Lipinski definition) is 0. The van der Waals surface area contributed by atoms with Gasteiger partial charge in [0.1, 0.15) is 0 Å². The van der Waals surface area contributed by atoms with Gasteiger partial charge in [-0.15, -0.1) is 0 Å². The average molecular weight is 295 g/mol. The van der Waals surface area contributed by atoms with Crippen molar-refractivity contribution in [3.63, 3.8) is 0 Å². The van der Waals surface area contributed by atoms with Gasteiger partial charge in [0.25, 0.3) is 0 Å². The number of nitrogens with zero attached hydrogens (tertiary/aromatic N) is 1. The van der Waals surface area contributed by atoms with Crippen LogP contribution in [-0.2, 0) is 0 Å². The van der Waals surface area contributed by atoms with Crippen molar-refractivity contribution in [1.82, 2.24) is 0 Å². The van der Waals surface area contributed by atoms with Gasteiger partial charge < -0.3 is 0 Å². The zero-order valence-corrected chi connectivity index (χ0v) is 12.8. The van der Waals surface area contributed by atoms with Gasteiger partial charge in [-0.3, -0.25) is 9.59 Å².